The molecule has 0 aromatic rings. The van der Waals surface area contributed by atoms with Gasteiger partial charge in [-0.3, -0.25) is 0 Å². The van der Waals surface area contributed by atoms with Crippen LogP contribution < -0.4 is 11.1 Å². The van der Waals surface area contributed by atoms with Gasteiger partial charge in [0.15, 0.2) is 0 Å². The number of rotatable bonds is 5. The first-order valence-electron chi connectivity index (χ1n) is 6.37. The van der Waals surface area contributed by atoms with E-state index in [2.05, 4.69) is 5.32 Å². The molecule has 0 radical (unpaired) electrons. The van der Waals surface area contributed by atoms with Crippen molar-refractivity contribution < 1.29 is 0 Å². The lowest BCUT2D eigenvalue weighted by molar-refractivity contribution is 0.387. The van der Waals surface area contributed by atoms with E-state index in [0.29, 0.717) is 0 Å². The second-order valence-corrected chi connectivity index (χ2v) is 4.49. The van der Waals surface area contributed by atoms with E-state index in [0.717, 1.165) is 12.6 Å². The van der Waals surface area contributed by atoms with Gasteiger partial charge in [0, 0.05) is 6.04 Å². The Kier molecular flexibility index (Phi) is 7.06. The van der Waals surface area contributed by atoms with Gasteiger partial charge < -0.3 is 11.1 Å². The maximum Gasteiger partial charge on any atom is 0.00670 e. The molecule has 1 saturated carbocycles. The molecule has 2 heteroatoms. The van der Waals surface area contributed by atoms with Gasteiger partial charge in [-0.15, -0.1) is 0 Å². The average Bonchev–Trinajstić information content (AvgIpc) is 2.15. The minimum atomic E-state index is 0.799. The van der Waals surface area contributed by atoms with Crippen LogP contribution in [0.5, 0.6) is 0 Å². The van der Waals surface area contributed by atoms with Crippen molar-refractivity contribution in [2.45, 2.75) is 63.8 Å². The highest BCUT2D eigenvalue weighted by Gasteiger charge is 2.09. The Balaban J connectivity index is 2.02. The minimum Gasteiger partial charge on any atom is -0.330 e. The Morgan fingerprint density at radius 1 is 0.929 bits per heavy atom. The summed E-state index contributed by atoms with van der Waals surface area (Å²) in [5.74, 6) is 0. The van der Waals surface area contributed by atoms with Crippen molar-refractivity contribution >= 4 is 0 Å². The first kappa shape index (κ1) is 12.0. The minimum absolute atomic E-state index is 0.799. The largest absolute Gasteiger partial charge is 0.330 e. The normalized spacial score (nSPS) is 20.4. The van der Waals surface area contributed by atoms with Crippen LogP contribution in [0.3, 0.4) is 0 Å². The molecule has 0 aliphatic heterocycles. The highest BCUT2D eigenvalue weighted by atomic mass is 14.9. The second kappa shape index (κ2) is 8.25. The maximum atomic E-state index is 5.47. The summed E-state index contributed by atoms with van der Waals surface area (Å²) in [7, 11) is 0. The van der Waals surface area contributed by atoms with Crippen LogP contribution in [0.2, 0.25) is 0 Å². The SMILES string of the molecule is NCCCCNC1CCCCCCC1. The highest BCUT2D eigenvalue weighted by Crippen LogP contribution is 2.16. The smallest absolute Gasteiger partial charge is 0.00670 e. The molecule has 0 bridgehead atoms. The van der Waals surface area contributed by atoms with Gasteiger partial charge >= 0.3 is 0 Å². The van der Waals surface area contributed by atoms with Crippen molar-refractivity contribution in [1.29, 1.82) is 0 Å². The van der Waals surface area contributed by atoms with E-state index in [1.54, 1.807) is 0 Å². The third kappa shape index (κ3) is 5.61. The third-order valence-electron chi connectivity index (χ3n) is 3.17. The van der Waals surface area contributed by atoms with Crippen molar-refractivity contribution in [2.24, 2.45) is 5.73 Å². The molecular weight excluding hydrogens is 172 g/mol. The van der Waals surface area contributed by atoms with Crippen LogP contribution in [0.4, 0.5) is 0 Å². The lowest BCUT2D eigenvalue weighted by atomic mass is 9.97. The molecule has 1 aliphatic carbocycles. The first-order valence-corrected chi connectivity index (χ1v) is 6.37. The number of unbranched alkanes of at least 4 members (excludes halogenated alkanes) is 1. The van der Waals surface area contributed by atoms with Crippen molar-refractivity contribution in [1.82, 2.24) is 5.32 Å². The predicted octanol–water partition coefficient (Wildman–Crippen LogP) is 2.43. The van der Waals surface area contributed by atoms with Crippen LogP contribution in [0.25, 0.3) is 0 Å². The summed E-state index contributed by atoms with van der Waals surface area (Å²) in [4.78, 5) is 0. The summed E-state index contributed by atoms with van der Waals surface area (Å²) in [6.45, 7) is 2.01. The topological polar surface area (TPSA) is 38.0 Å². The molecule has 0 saturated heterocycles. The van der Waals surface area contributed by atoms with E-state index in [1.807, 2.05) is 0 Å². The van der Waals surface area contributed by atoms with Crippen molar-refractivity contribution in [3.05, 3.63) is 0 Å². The molecule has 3 N–H and O–H groups in total. The monoisotopic (exact) mass is 198 g/mol. The lowest BCUT2D eigenvalue weighted by Gasteiger charge is -2.20. The number of nitrogens with two attached hydrogens (primary N) is 1. The van der Waals surface area contributed by atoms with Gasteiger partial charge in [0.25, 0.3) is 0 Å². The van der Waals surface area contributed by atoms with Crippen LogP contribution in [0, 0.1) is 0 Å². The maximum absolute atomic E-state index is 5.47. The molecule has 1 rings (SSSR count). The molecule has 14 heavy (non-hydrogen) atoms. The molecule has 0 spiro atoms. The Bertz CT molecular complexity index is 117. The molecule has 0 aromatic heterocycles. The van der Waals surface area contributed by atoms with E-state index in [-0.39, 0.29) is 0 Å². The molecular formula is C12H26N2. The van der Waals surface area contributed by atoms with E-state index < -0.39 is 0 Å². The fraction of sp³-hybridized carbons (Fsp3) is 1.00. The van der Waals surface area contributed by atoms with Crippen LogP contribution >= 0.6 is 0 Å². The Morgan fingerprint density at radius 3 is 2.21 bits per heavy atom. The van der Waals surface area contributed by atoms with Crippen LogP contribution in [0.15, 0.2) is 0 Å². The third-order valence-corrected chi connectivity index (χ3v) is 3.17. The van der Waals surface area contributed by atoms with Gasteiger partial charge in [0.2, 0.25) is 0 Å². The summed E-state index contributed by atoms with van der Waals surface area (Å²) in [5, 5.41) is 3.67. The lowest BCUT2D eigenvalue weighted by Crippen LogP contribution is -2.30. The van der Waals surface area contributed by atoms with E-state index in [9.17, 15) is 0 Å². The van der Waals surface area contributed by atoms with Crippen LogP contribution in [0.1, 0.15) is 57.8 Å². The summed E-state index contributed by atoms with van der Waals surface area (Å²) in [6.07, 6.45) is 12.4. The Hall–Kier alpha value is -0.0800. The van der Waals surface area contributed by atoms with Gasteiger partial charge in [-0.05, 0) is 38.8 Å². The van der Waals surface area contributed by atoms with Crippen LogP contribution in [-0.4, -0.2) is 19.1 Å². The second-order valence-electron chi connectivity index (χ2n) is 4.49. The van der Waals surface area contributed by atoms with Gasteiger partial charge in [-0.25, -0.2) is 0 Å². The van der Waals surface area contributed by atoms with Crippen molar-refractivity contribution in [3.8, 4) is 0 Å². The van der Waals surface area contributed by atoms with E-state index >= 15 is 0 Å². The standard InChI is InChI=1S/C12H26N2/c13-10-6-7-11-14-12-8-4-2-1-3-5-9-12/h12,14H,1-11,13H2. The zero-order valence-electron chi connectivity index (χ0n) is 9.43. The Morgan fingerprint density at radius 2 is 1.57 bits per heavy atom. The van der Waals surface area contributed by atoms with Crippen molar-refractivity contribution in [2.75, 3.05) is 13.1 Å². The number of hydrogen-bond donors (Lipinski definition) is 2. The van der Waals surface area contributed by atoms with E-state index in [4.69, 9.17) is 5.73 Å². The predicted molar refractivity (Wildman–Crippen MR) is 62.4 cm³/mol. The summed E-state index contributed by atoms with van der Waals surface area (Å²) in [5.41, 5.74) is 5.47. The highest BCUT2D eigenvalue weighted by molar-refractivity contribution is 4.69. The number of hydrogen-bond acceptors (Lipinski definition) is 2. The summed E-state index contributed by atoms with van der Waals surface area (Å²) in [6, 6.07) is 0.799. The fourth-order valence-corrected chi connectivity index (χ4v) is 2.24. The summed E-state index contributed by atoms with van der Waals surface area (Å²) >= 11 is 0. The molecule has 84 valence electrons. The molecule has 0 heterocycles. The summed E-state index contributed by atoms with van der Waals surface area (Å²) < 4.78 is 0. The molecule has 0 atom stereocenters. The Labute approximate surface area is 88.6 Å². The van der Waals surface area contributed by atoms with Crippen molar-refractivity contribution in [3.63, 3.8) is 0 Å². The average molecular weight is 198 g/mol. The molecule has 0 amide bonds. The molecule has 2 nitrogen and oxygen atoms in total. The van der Waals surface area contributed by atoms with Gasteiger partial charge in [0.05, 0.1) is 0 Å². The van der Waals surface area contributed by atoms with Gasteiger partial charge in [-0.2, -0.15) is 0 Å². The van der Waals surface area contributed by atoms with Gasteiger partial charge in [-0.1, -0.05) is 32.1 Å². The van der Waals surface area contributed by atoms with E-state index in [1.165, 1.54) is 64.3 Å². The quantitative estimate of drug-likeness (QED) is 0.666. The van der Waals surface area contributed by atoms with Gasteiger partial charge in [0.1, 0.15) is 0 Å². The first-order chi connectivity index (χ1) is 6.93. The molecule has 0 aromatic carbocycles. The molecule has 0 unspecified atom stereocenters. The molecule has 1 fully saturated rings. The fourth-order valence-electron chi connectivity index (χ4n) is 2.24. The number of nitrogens with one attached hydrogen (secondary N) is 1. The molecule has 1 aliphatic rings. The zero-order chi connectivity index (χ0) is 10.1. The zero-order valence-corrected chi connectivity index (χ0v) is 9.43. The van der Waals surface area contributed by atoms with Crippen LogP contribution in [-0.2, 0) is 0 Å².